The van der Waals surface area contributed by atoms with Crippen molar-refractivity contribution < 1.29 is 14.8 Å². The van der Waals surface area contributed by atoms with Crippen LogP contribution in [0.15, 0.2) is 54.7 Å². The van der Waals surface area contributed by atoms with Crippen LogP contribution in [0.4, 0.5) is 0 Å². The first kappa shape index (κ1) is 24.7. The van der Waals surface area contributed by atoms with Crippen molar-refractivity contribution in [1.29, 1.82) is 0 Å². The first-order chi connectivity index (χ1) is 16.9. The summed E-state index contributed by atoms with van der Waals surface area (Å²) in [5.74, 6) is -0.564. The Morgan fingerprint density at radius 2 is 2.06 bits per heavy atom. The quantitative estimate of drug-likeness (QED) is 0.176. The fourth-order valence-corrected chi connectivity index (χ4v) is 4.64. The maximum atomic E-state index is 13.2. The van der Waals surface area contributed by atoms with Gasteiger partial charge in [-0.15, -0.1) is 0 Å². The highest BCUT2D eigenvalue weighted by atomic mass is 16.5. The Morgan fingerprint density at radius 3 is 2.86 bits per heavy atom. The van der Waals surface area contributed by atoms with Gasteiger partial charge in [0, 0.05) is 42.3 Å². The molecule has 3 aromatic rings. The standard InChI is InChI=1S/C27H33N5O3/c1-32(2)14-13-28-27(34)25(16-20-17-29-23-6-4-3-5-21(20)23)30-24-11-9-19-15-18(7-10-22(19)24)8-12-26(33)31-35/h3-8,10,12,15,17,24-25,29-30,35H,9,11,13-14,16H2,1-2H3,(H,28,34)(H,31,33)/b12-8+/t24?,25-/m0/s1. The molecule has 1 aliphatic rings. The maximum Gasteiger partial charge on any atom is 0.267 e. The van der Waals surface area contributed by atoms with Gasteiger partial charge in [0.15, 0.2) is 0 Å². The van der Waals surface area contributed by atoms with E-state index < -0.39 is 5.91 Å². The highest BCUT2D eigenvalue weighted by molar-refractivity contribution is 5.91. The van der Waals surface area contributed by atoms with E-state index in [-0.39, 0.29) is 18.0 Å². The summed E-state index contributed by atoms with van der Waals surface area (Å²) in [4.78, 5) is 29.9. The number of nitrogens with zero attached hydrogens (tertiary/aromatic N) is 1. The number of nitrogens with one attached hydrogen (secondary N) is 4. The van der Waals surface area contributed by atoms with Crippen LogP contribution in [0.2, 0.25) is 0 Å². The number of benzene rings is 2. The molecule has 0 radical (unpaired) electrons. The second kappa shape index (κ2) is 11.3. The van der Waals surface area contributed by atoms with Crippen LogP contribution >= 0.6 is 0 Å². The average Bonchev–Trinajstić information content (AvgIpc) is 3.45. The second-order valence-corrected chi connectivity index (χ2v) is 9.24. The molecule has 0 aliphatic heterocycles. The number of carbonyl (C=O) groups excluding carboxylic acids is 2. The zero-order valence-electron chi connectivity index (χ0n) is 20.2. The van der Waals surface area contributed by atoms with Gasteiger partial charge < -0.3 is 15.2 Å². The van der Waals surface area contributed by atoms with Crippen LogP contribution in [0.3, 0.4) is 0 Å². The molecule has 0 bridgehead atoms. The maximum absolute atomic E-state index is 13.2. The van der Waals surface area contributed by atoms with Crippen molar-refractivity contribution in [2.24, 2.45) is 0 Å². The summed E-state index contributed by atoms with van der Waals surface area (Å²) in [6.07, 6.45) is 7.33. The van der Waals surface area contributed by atoms with E-state index in [1.807, 2.05) is 49.5 Å². The highest BCUT2D eigenvalue weighted by Gasteiger charge is 2.28. The first-order valence-corrected chi connectivity index (χ1v) is 11.9. The minimum atomic E-state index is -0.564. The topological polar surface area (TPSA) is 109 Å². The zero-order chi connectivity index (χ0) is 24.8. The van der Waals surface area contributed by atoms with Gasteiger partial charge in [0.2, 0.25) is 5.91 Å². The molecule has 1 aliphatic carbocycles. The summed E-state index contributed by atoms with van der Waals surface area (Å²) in [5.41, 5.74) is 7.05. The lowest BCUT2D eigenvalue weighted by molar-refractivity contribution is -0.124. The molecule has 1 heterocycles. The van der Waals surface area contributed by atoms with E-state index in [0.29, 0.717) is 13.0 Å². The van der Waals surface area contributed by atoms with Crippen LogP contribution in [0.25, 0.3) is 17.0 Å². The predicted octanol–water partition coefficient (Wildman–Crippen LogP) is 2.55. The number of aromatic amines is 1. The lowest BCUT2D eigenvalue weighted by atomic mass is 10.0. The number of aryl methyl sites for hydroxylation is 1. The third-order valence-corrected chi connectivity index (χ3v) is 6.46. The molecule has 2 amide bonds. The van der Waals surface area contributed by atoms with E-state index in [1.54, 1.807) is 11.6 Å². The lowest BCUT2D eigenvalue weighted by Crippen LogP contribution is -2.47. The molecule has 0 saturated carbocycles. The molecule has 184 valence electrons. The molecule has 8 nitrogen and oxygen atoms in total. The predicted molar refractivity (Wildman–Crippen MR) is 137 cm³/mol. The number of para-hydroxylation sites is 1. The summed E-state index contributed by atoms with van der Waals surface area (Å²) in [6.45, 7) is 1.37. The Hall–Kier alpha value is -3.46. The fraction of sp³-hybridized carbons (Fsp3) is 0.333. The summed E-state index contributed by atoms with van der Waals surface area (Å²) in [6, 6.07) is 13.9. The molecule has 4 rings (SSSR count). The molecule has 0 fully saturated rings. The Morgan fingerprint density at radius 1 is 1.23 bits per heavy atom. The molecule has 8 heteroatoms. The number of carbonyl (C=O) groups is 2. The van der Waals surface area contributed by atoms with Crippen molar-refractivity contribution in [1.82, 2.24) is 26.0 Å². The number of fused-ring (bicyclic) bond motifs is 2. The summed E-state index contributed by atoms with van der Waals surface area (Å²) < 4.78 is 0. The van der Waals surface area contributed by atoms with Crippen molar-refractivity contribution in [2.45, 2.75) is 31.3 Å². The van der Waals surface area contributed by atoms with Crippen molar-refractivity contribution in [3.8, 4) is 0 Å². The summed E-state index contributed by atoms with van der Waals surface area (Å²) in [5, 5.41) is 16.5. The fourth-order valence-electron chi connectivity index (χ4n) is 4.64. The molecule has 2 atom stereocenters. The van der Waals surface area contributed by atoms with E-state index in [2.05, 4.69) is 33.8 Å². The number of hydrogen-bond donors (Lipinski definition) is 5. The molecule has 0 spiro atoms. The largest absolute Gasteiger partial charge is 0.361 e. The van der Waals surface area contributed by atoms with Gasteiger partial charge in [-0.25, -0.2) is 5.48 Å². The zero-order valence-corrected chi connectivity index (χ0v) is 20.2. The number of aromatic nitrogens is 1. The third-order valence-electron chi connectivity index (χ3n) is 6.46. The SMILES string of the molecule is CN(C)CCNC(=O)[C@H](Cc1c[nH]c2ccccc12)NC1CCc2cc(/C=C/C(=O)NO)ccc21. The minimum absolute atomic E-state index is 0.000139. The summed E-state index contributed by atoms with van der Waals surface area (Å²) in [7, 11) is 3.98. The van der Waals surface area contributed by atoms with Gasteiger partial charge in [-0.3, -0.25) is 20.1 Å². The van der Waals surface area contributed by atoms with Crippen LogP contribution < -0.4 is 16.1 Å². The van der Waals surface area contributed by atoms with Crippen LogP contribution in [0.5, 0.6) is 0 Å². The molecule has 5 N–H and O–H groups in total. The van der Waals surface area contributed by atoms with Crippen molar-refractivity contribution in [3.05, 3.63) is 77.0 Å². The van der Waals surface area contributed by atoms with Gasteiger partial charge in [0.05, 0.1) is 6.04 Å². The van der Waals surface area contributed by atoms with Gasteiger partial charge in [0.25, 0.3) is 5.91 Å². The van der Waals surface area contributed by atoms with E-state index in [9.17, 15) is 9.59 Å². The van der Waals surface area contributed by atoms with Crippen LogP contribution in [0, 0.1) is 0 Å². The van der Waals surface area contributed by atoms with Crippen LogP contribution in [-0.2, 0) is 22.4 Å². The van der Waals surface area contributed by atoms with E-state index in [1.165, 1.54) is 17.2 Å². The molecular formula is C27H33N5O3. The van der Waals surface area contributed by atoms with E-state index >= 15 is 0 Å². The molecule has 0 saturated heterocycles. The monoisotopic (exact) mass is 475 g/mol. The smallest absolute Gasteiger partial charge is 0.267 e. The molecular weight excluding hydrogens is 442 g/mol. The van der Waals surface area contributed by atoms with E-state index in [4.69, 9.17) is 5.21 Å². The Balaban J connectivity index is 1.52. The third kappa shape index (κ3) is 6.16. The average molecular weight is 476 g/mol. The number of likely N-dealkylation sites (N-methyl/N-ethyl adjacent to an activating group) is 1. The number of H-pyrrole nitrogens is 1. The number of hydrogen-bond acceptors (Lipinski definition) is 5. The van der Waals surface area contributed by atoms with Gasteiger partial charge in [0.1, 0.15) is 0 Å². The molecule has 2 aromatic carbocycles. The molecule has 1 aromatic heterocycles. The van der Waals surface area contributed by atoms with Crippen molar-refractivity contribution in [2.75, 3.05) is 27.2 Å². The Labute approximate surface area is 205 Å². The normalized spacial score (nSPS) is 16.1. The van der Waals surface area contributed by atoms with Crippen LogP contribution in [0.1, 0.15) is 34.7 Å². The van der Waals surface area contributed by atoms with Crippen molar-refractivity contribution >= 4 is 28.8 Å². The second-order valence-electron chi connectivity index (χ2n) is 9.24. The highest BCUT2D eigenvalue weighted by Crippen LogP contribution is 2.33. The Kier molecular flexibility index (Phi) is 7.97. The number of rotatable bonds is 10. The van der Waals surface area contributed by atoms with Crippen LogP contribution in [-0.4, -0.2) is 60.1 Å². The molecule has 35 heavy (non-hydrogen) atoms. The summed E-state index contributed by atoms with van der Waals surface area (Å²) >= 11 is 0. The van der Waals surface area contributed by atoms with Gasteiger partial charge in [-0.1, -0.05) is 36.4 Å². The molecule has 1 unspecified atom stereocenters. The van der Waals surface area contributed by atoms with Gasteiger partial charge >= 0.3 is 0 Å². The van der Waals surface area contributed by atoms with Crippen molar-refractivity contribution in [3.63, 3.8) is 0 Å². The minimum Gasteiger partial charge on any atom is -0.361 e. The number of amides is 2. The van der Waals surface area contributed by atoms with Gasteiger partial charge in [-0.2, -0.15) is 0 Å². The van der Waals surface area contributed by atoms with Gasteiger partial charge in [-0.05, 0) is 67.8 Å². The number of hydroxylamine groups is 1. The Bertz CT molecular complexity index is 1220. The van der Waals surface area contributed by atoms with E-state index in [0.717, 1.165) is 41.4 Å². The lowest BCUT2D eigenvalue weighted by Gasteiger charge is -2.24. The first-order valence-electron chi connectivity index (χ1n) is 11.9.